The number of nitrogens with zero attached hydrogens (tertiary/aromatic N) is 2. The fraction of sp³-hybridized carbons (Fsp3) is 0.857. The Morgan fingerprint density at radius 3 is 2.50 bits per heavy atom. The number of rotatable bonds is 1. The highest BCUT2D eigenvalue weighted by Crippen LogP contribution is 2.24. The summed E-state index contributed by atoms with van der Waals surface area (Å²) in [5.74, 6) is 0.833. The van der Waals surface area contributed by atoms with Gasteiger partial charge in [0.05, 0.1) is 0 Å². The molecule has 1 unspecified atom stereocenters. The van der Waals surface area contributed by atoms with Crippen molar-refractivity contribution in [3.05, 3.63) is 12.2 Å². The summed E-state index contributed by atoms with van der Waals surface area (Å²) in [7, 11) is 0. The molecule has 2 aliphatic heterocycles. The van der Waals surface area contributed by atoms with E-state index >= 15 is 0 Å². The molecule has 0 saturated carbocycles. The fourth-order valence-electron chi connectivity index (χ4n) is 2.33. The smallest absolute Gasteiger partial charge is 0.0264 e. The SMILES string of the molecule is C=C1CC2CN(CC)CCN2C1.CC(C)C. The van der Waals surface area contributed by atoms with Gasteiger partial charge >= 0.3 is 0 Å². The molecule has 0 aromatic heterocycles. The zero-order chi connectivity index (χ0) is 12.1. The van der Waals surface area contributed by atoms with Crippen molar-refractivity contribution in [1.82, 2.24) is 9.80 Å². The Bertz CT molecular complexity index is 220. The molecule has 2 nitrogen and oxygen atoms in total. The van der Waals surface area contributed by atoms with E-state index in [1.54, 1.807) is 0 Å². The largest absolute Gasteiger partial charge is 0.301 e. The summed E-state index contributed by atoms with van der Waals surface area (Å²) in [4.78, 5) is 5.12. The molecule has 0 aromatic rings. The van der Waals surface area contributed by atoms with Crippen LogP contribution in [-0.2, 0) is 0 Å². The van der Waals surface area contributed by atoms with Gasteiger partial charge in [-0.3, -0.25) is 4.90 Å². The van der Waals surface area contributed by atoms with Gasteiger partial charge in [0.25, 0.3) is 0 Å². The van der Waals surface area contributed by atoms with Crippen molar-refractivity contribution in [2.45, 2.75) is 40.2 Å². The molecule has 2 heteroatoms. The zero-order valence-corrected chi connectivity index (χ0v) is 11.5. The first kappa shape index (κ1) is 13.7. The van der Waals surface area contributed by atoms with Crippen molar-refractivity contribution >= 4 is 0 Å². The van der Waals surface area contributed by atoms with E-state index in [0.717, 1.165) is 18.5 Å². The van der Waals surface area contributed by atoms with Crippen LogP contribution in [-0.4, -0.2) is 48.6 Å². The lowest BCUT2D eigenvalue weighted by Crippen LogP contribution is -2.49. The minimum Gasteiger partial charge on any atom is -0.301 e. The van der Waals surface area contributed by atoms with Crippen LogP contribution >= 0.6 is 0 Å². The van der Waals surface area contributed by atoms with E-state index in [0.29, 0.717) is 0 Å². The first-order chi connectivity index (χ1) is 7.52. The second-order valence-electron chi connectivity index (χ2n) is 5.70. The van der Waals surface area contributed by atoms with Gasteiger partial charge in [-0.25, -0.2) is 0 Å². The maximum absolute atomic E-state index is 4.07. The number of hydrogen-bond donors (Lipinski definition) is 0. The molecule has 2 fully saturated rings. The van der Waals surface area contributed by atoms with E-state index in [1.165, 1.54) is 38.2 Å². The average molecular weight is 224 g/mol. The highest BCUT2D eigenvalue weighted by molar-refractivity contribution is 5.09. The summed E-state index contributed by atoms with van der Waals surface area (Å²) in [6.45, 7) is 18.9. The standard InChI is InChI=1S/C10H18N2.C4H10/c1-3-11-4-5-12-7-9(2)6-10(12)8-11;1-4(2)3/h10H,2-8H2,1H3;4H,1-3H3. The van der Waals surface area contributed by atoms with Crippen LogP contribution in [0.3, 0.4) is 0 Å². The van der Waals surface area contributed by atoms with Gasteiger partial charge in [-0.15, -0.1) is 0 Å². The van der Waals surface area contributed by atoms with Crippen LogP contribution in [0.4, 0.5) is 0 Å². The number of piperazine rings is 1. The van der Waals surface area contributed by atoms with Crippen LogP contribution < -0.4 is 0 Å². The first-order valence-corrected chi connectivity index (χ1v) is 6.66. The van der Waals surface area contributed by atoms with Crippen LogP contribution in [0.5, 0.6) is 0 Å². The zero-order valence-electron chi connectivity index (χ0n) is 11.5. The van der Waals surface area contributed by atoms with E-state index in [9.17, 15) is 0 Å². The number of hydrogen-bond acceptors (Lipinski definition) is 2. The third-order valence-corrected chi connectivity index (χ3v) is 3.09. The second kappa shape index (κ2) is 6.41. The molecule has 94 valence electrons. The molecule has 0 bridgehead atoms. The van der Waals surface area contributed by atoms with Crippen LogP contribution in [0.1, 0.15) is 34.1 Å². The summed E-state index contributed by atoms with van der Waals surface area (Å²) in [5, 5.41) is 0. The first-order valence-electron chi connectivity index (χ1n) is 6.66. The number of fused-ring (bicyclic) bond motifs is 1. The van der Waals surface area contributed by atoms with Crippen molar-refractivity contribution in [3.8, 4) is 0 Å². The van der Waals surface area contributed by atoms with Gasteiger partial charge in [-0.2, -0.15) is 0 Å². The number of likely N-dealkylation sites (N-methyl/N-ethyl adjacent to an activating group) is 1. The van der Waals surface area contributed by atoms with Crippen LogP contribution in [0, 0.1) is 5.92 Å². The normalized spacial score (nSPS) is 26.6. The third kappa shape index (κ3) is 4.26. The molecular formula is C14H28N2. The van der Waals surface area contributed by atoms with Crippen molar-refractivity contribution in [3.63, 3.8) is 0 Å². The molecule has 0 N–H and O–H groups in total. The Kier molecular flexibility index (Phi) is 5.50. The molecule has 2 heterocycles. The van der Waals surface area contributed by atoms with E-state index in [2.05, 4.69) is 44.1 Å². The molecule has 0 radical (unpaired) electrons. The van der Waals surface area contributed by atoms with E-state index in [1.807, 2.05) is 0 Å². The Balaban J connectivity index is 0.000000280. The van der Waals surface area contributed by atoms with Crippen LogP contribution in [0.25, 0.3) is 0 Å². The summed E-state index contributed by atoms with van der Waals surface area (Å²) < 4.78 is 0. The molecular weight excluding hydrogens is 196 g/mol. The van der Waals surface area contributed by atoms with Gasteiger partial charge in [0.2, 0.25) is 0 Å². The van der Waals surface area contributed by atoms with Gasteiger partial charge in [-0.05, 0) is 18.9 Å². The molecule has 0 aliphatic carbocycles. The fourth-order valence-corrected chi connectivity index (χ4v) is 2.33. The van der Waals surface area contributed by atoms with Gasteiger partial charge in [-0.1, -0.05) is 39.8 Å². The topological polar surface area (TPSA) is 6.48 Å². The van der Waals surface area contributed by atoms with Crippen molar-refractivity contribution in [1.29, 1.82) is 0 Å². The third-order valence-electron chi connectivity index (χ3n) is 3.09. The predicted molar refractivity (Wildman–Crippen MR) is 71.7 cm³/mol. The summed E-state index contributed by atoms with van der Waals surface area (Å²) >= 11 is 0. The molecule has 2 aliphatic rings. The Morgan fingerprint density at radius 2 is 1.94 bits per heavy atom. The Hall–Kier alpha value is -0.340. The minimum atomic E-state index is 0.784. The highest BCUT2D eigenvalue weighted by atomic mass is 15.3. The molecule has 16 heavy (non-hydrogen) atoms. The minimum absolute atomic E-state index is 0.784. The molecule has 0 amide bonds. The quantitative estimate of drug-likeness (QED) is 0.632. The molecule has 0 aromatic carbocycles. The molecule has 2 saturated heterocycles. The van der Waals surface area contributed by atoms with Crippen molar-refractivity contribution in [2.75, 3.05) is 32.7 Å². The molecule has 0 spiro atoms. The molecule has 2 rings (SSSR count). The maximum atomic E-state index is 4.07. The van der Waals surface area contributed by atoms with Crippen molar-refractivity contribution < 1.29 is 0 Å². The van der Waals surface area contributed by atoms with Gasteiger partial charge < -0.3 is 4.90 Å². The van der Waals surface area contributed by atoms with Crippen LogP contribution in [0.15, 0.2) is 12.2 Å². The second-order valence-corrected chi connectivity index (χ2v) is 5.70. The summed E-state index contributed by atoms with van der Waals surface area (Å²) in [5.41, 5.74) is 1.43. The highest BCUT2D eigenvalue weighted by Gasteiger charge is 2.31. The summed E-state index contributed by atoms with van der Waals surface area (Å²) in [6, 6.07) is 0.784. The Labute approximate surface area is 101 Å². The molecule has 1 atom stereocenters. The van der Waals surface area contributed by atoms with E-state index in [4.69, 9.17) is 0 Å². The maximum Gasteiger partial charge on any atom is 0.0264 e. The lowest BCUT2D eigenvalue weighted by molar-refractivity contribution is 0.109. The van der Waals surface area contributed by atoms with E-state index < -0.39 is 0 Å². The van der Waals surface area contributed by atoms with Crippen molar-refractivity contribution in [2.24, 2.45) is 5.92 Å². The van der Waals surface area contributed by atoms with Gasteiger partial charge in [0, 0.05) is 32.2 Å². The summed E-state index contributed by atoms with van der Waals surface area (Å²) in [6.07, 6.45) is 1.23. The van der Waals surface area contributed by atoms with Gasteiger partial charge in [0.1, 0.15) is 0 Å². The predicted octanol–water partition coefficient (Wildman–Crippen LogP) is 2.61. The lowest BCUT2D eigenvalue weighted by atomic mass is 10.1. The Morgan fingerprint density at radius 1 is 1.31 bits per heavy atom. The van der Waals surface area contributed by atoms with Gasteiger partial charge in [0.15, 0.2) is 0 Å². The average Bonchev–Trinajstić information content (AvgIpc) is 2.55. The van der Waals surface area contributed by atoms with E-state index in [-0.39, 0.29) is 0 Å². The van der Waals surface area contributed by atoms with Crippen LogP contribution in [0.2, 0.25) is 0 Å². The monoisotopic (exact) mass is 224 g/mol. The lowest BCUT2D eigenvalue weighted by Gasteiger charge is -2.36.